The van der Waals surface area contributed by atoms with E-state index in [1.165, 1.54) is 19.2 Å². The maximum atomic E-state index is 13.4. The zero-order valence-electron chi connectivity index (χ0n) is 9.10. The number of rotatable bonds is 3. The van der Waals surface area contributed by atoms with Crippen LogP contribution in [0.5, 0.6) is 5.75 Å². The first kappa shape index (κ1) is 12.3. The van der Waals surface area contributed by atoms with Crippen molar-refractivity contribution in [2.24, 2.45) is 5.73 Å². The molecule has 4 heteroatoms. The molecule has 15 heavy (non-hydrogen) atoms. The van der Waals surface area contributed by atoms with E-state index < -0.39 is 11.4 Å². The van der Waals surface area contributed by atoms with E-state index in [0.29, 0.717) is 17.0 Å². The molecule has 0 spiro atoms. The van der Waals surface area contributed by atoms with Gasteiger partial charge in [0.05, 0.1) is 7.11 Å². The molecular weight excluding hydrogens is 217 g/mol. The zero-order valence-corrected chi connectivity index (χ0v) is 9.86. The molecule has 0 amide bonds. The van der Waals surface area contributed by atoms with E-state index in [1.807, 2.05) is 13.8 Å². The van der Waals surface area contributed by atoms with E-state index in [0.717, 1.165) is 0 Å². The van der Waals surface area contributed by atoms with Gasteiger partial charge < -0.3 is 10.5 Å². The quantitative estimate of drug-likeness (QED) is 0.868. The van der Waals surface area contributed by atoms with Crippen molar-refractivity contribution in [3.8, 4) is 5.75 Å². The Labute approximate surface area is 94.2 Å². The SMILES string of the molecule is COc1c(F)ccc(Cl)c1CC(C)(C)N. The lowest BCUT2D eigenvalue weighted by atomic mass is 9.95. The van der Waals surface area contributed by atoms with Crippen LogP contribution in [0.15, 0.2) is 12.1 Å². The van der Waals surface area contributed by atoms with Gasteiger partial charge in [-0.15, -0.1) is 0 Å². The number of halogens is 2. The van der Waals surface area contributed by atoms with E-state index in [2.05, 4.69) is 0 Å². The topological polar surface area (TPSA) is 35.2 Å². The molecule has 0 unspecified atom stereocenters. The van der Waals surface area contributed by atoms with Gasteiger partial charge in [0.2, 0.25) is 0 Å². The Morgan fingerprint density at radius 3 is 2.53 bits per heavy atom. The van der Waals surface area contributed by atoms with Crippen molar-refractivity contribution in [1.82, 2.24) is 0 Å². The molecule has 0 fully saturated rings. The van der Waals surface area contributed by atoms with E-state index in [4.69, 9.17) is 22.1 Å². The molecule has 0 saturated heterocycles. The third kappa shape index (κ3) is 3.08. The summed E-state index contributed by atoms with van der Waals surface area (Å²) in [6.07, 6.45) is 0.465. The summed E-state index contributed by atoms with van der Waals surface area (Å²) in [5, 5.41) is 0.478. The second kappa shape index (κ2) is 4.37. The molecule has 0 heterocycles. The van der Waals surface area contributed by atoms with Crippen molar-refractivity contribution < 1.29 is 9.13 Å². The van der Waals surface area contributed by atoms with E-state index in [-0.39, 0.29) is 5.75 Å². The molecular formula is C11H15ClFNO. The van der Waals surface area contributed by atoms with Gasteiger partial charge in [-0.25, -0.2) is 4.39 Å². The van der Waals surface area contributed by atoms with Crippen LogP contribution in [0.4, 0.5) is 4.39 Å². The van der Waals surface area contributed by atoms with Crippen LogP contribution in [-0.4, -0.2) is 12.6 Å². The minimum absolute atomic E-state index is 0.182. The highest BCUT2D eigenvalue weighted by molar-refractivity contribution is 6.31. The number of ether oxygens (including phenoxy) is 1. The number of nitrogens with two attached hydrogens (primary N) is 1. The van der Waals surface area contributed by atoms with Gasteiger partial charge in [-0.05, 0) is 32.4 Å². The maximum absolute atomic E-state index is 13.4. The lowest BCUT2D eigenvalue weighted by Gasteiger charge is -2.21. The first-order chi connectivity index (χ1) is 6.85. The Morgan fingerprint density at radius 1 is 1.47 bits per heavy atom. The van der Waals surface area contributed by atoms with Gasteiger partial charge in [-0.1, -0.05) is 11.6 Å². The molecule has 0 bridgehead atoms. The summed E-state index contributed by atoms with van der Waals surface area (Å²) in [5.41, 5.74) is 6.04. The third-order valence-corrected chi connectivity index (χ3v) is 2.35. The molecule has 0 aliphatic carbocycles. The van der Waals surface area contributed by atoms with E-state index >= 15 is 0 Å². The molecule has 0 radical (unpaired) electrons. The minimum atomic E-state index is -0.454. The summed E-state index contributed by atoms with van der Waals surface area (Å²) in [7, 11) is 1.42. The average Bonchev–Trinajstić information content (AvgIpc) is 2.10. The van der Waals surface area contributed by atoms with Crippen LogP contribution in [0.1, 0.15) is 19.4 Å². The molecule has 0 aromatic heterocycles. The molecule has 2 nitrogen and oxygen atoms in total. The fraction of sp³-hybridized carbons (Fsp3) is 0.455. The molecule has 0 aliphatic rings. The molecule has 1 aromatic carbocycles. The fourth-order valence-corrected chi connectivity index (χ4v) is 1.63. The van der Waals surface area contributed by atoms with Crippen molar-refractivity contribution in [1.29, 1.82) is 0 Å². The Hall–Kier alpha value is -0.800. The van der Waals surface area contributed by atoms with Crippen LogP contribution in [-0.2, 0) is 6.42 Å². The van der Waals surface area contributed by atoms with Crippen LogP contribution in [0.2, 0.25) is 5.02 Å². The predicted octanol–water partition coefficient (Wildman–Crippen LogP) is 2.77. The van der Waals surface area contributed by atoms with E-state index in [1.54, 1.807) is 0 Å². The largest absolute Gasteiger partial charge is 0.493 e. The van der Waals surface area contributed by atoms with Crippen LogP contribution in [0.3, 0.4) is 0 Å². The number of hydrogen-bond donors (Lipinski definition) is 1. The van der Waals surface area contributed by atoms with Gasteiger partial charge in [0, 0.05) is 16.1 Å². The van der Waals surface area contributed by atoms with Crippen molar-refractivity contribution in [2.45, 2.75) is 25.8 Å². The molecule has 1 rings (SSSR count). The minimum Gasteiger partial charge on any atom is -0.493 e. The number of hydrogen-bond acceptors (Lipinski definition) is 2. The smallest absolute Gasteiger partial charge is 0.165 e. The molecule has 0 saturated carbocycles. The lowest BCUT2D eigenvalue weighted by molar-refractivity contribution is 0.376. The van der Waals surface area contributed by atoms with Crippen LogP contribution in [0.25, 0.3) is 0 Å². The molecule has 2 N–H and O–H groups in total. The standard InChI is InChI=1S/C11H15ClFNO/c1-11(2,14)6-7-8(12)4-5-9(13)10(7)15-3/h4-5H,6,14H2,1-3H3. The maximum Gasteiger partial charge on any atom is 0.165 e. The van der Waals surface area contributed by atoms with Crippen LogP contribution in [0, 0.1) is 5.82 Å². The highest BCUT2D eigenvalue weighted by atomic mass is 35.5. The zero-order chi connectivity index (χ0) is 11.6. The monoisotopic (exact) mass is 231 g/mol. The second-order valence-electron chi connectivity index (χ2n) is 4.21. The summed E-state index contributed by atoms with van der Waals surface area (Å²) in [6, 6.07) is 2.80. The Bertz CT molecular complexity index is 360. The van der Waals surface area contributed by atoms with Gasteiger partial charge >= 0.3 is 0 Å². The van der Waals surface area contributed by atoms with Crippen molar-refractivity contribution in [2.75, 3.05) is 7.11 Å². The van der Waals surface area contributed by atoms with Gasteiger partial charge in [-0.3, -0.25) is 0 Å². The van der Waals surface area contributed by atoms with Gasteiger partial charge in [0.25, 0.3) is 0 Å². The Balaban J connectivity index is 3.20. The van der Waals surface area contributed by atoms with E-state index in [9.17, 15) is 4.39 Å². The highest BCUT2D eigenvalue weighted by Gasteiger charge is 2.20. The number of methoxy groups -OCH3 is 1. The van der Waals surface area contributed by atoms with Crippen LogP contribution < -0.4 is 10.5 Å². The van der Waals surface area contributed by atoms with Crippen molar-refractivity contribution in [3.63, 3.8) is 0 Å². The predicted molar refractivity (Wildman–Crippen MR) is 59.9 cm³/mol. The summed E-state index contributed by atoms with van der Waals surface area (Å²) in [6.45, 7) is 3.71. The summed E-state index contributed by atoms with van der Waals surface area (Å²) < 4.78 is 18.4. The summed E-state index contributed by atoms with van der Waals surface area (Å²) in [5.74, 6) is -0.234. The van der Waals surface area contributed by atoms with Gasteiger partial charge in [0.1, 0.15) is 0 Å². The Kier molecular flexibility index (Phi) is 3.58. The van der Waals surface area contributed by atoms with Gasteiger partial charge in [0.15, 0.2) is 11.6 Å². The van der Waals surface area contributed by atoms with Crippen LogP contribution >= 0.6 is 11.6 Å². The molecule has 0 atom stereocenters. The summed E-state index contributed by atoms with van der Waals surface area (Å²) >= 11 is 5.98. The molecule has 0 aliphatic heterocycles. The Morgan fingerprint density at radius 2 is 2.07 bits per heavy atom. The van der Waals surface area contributed by atoms with Crippen molar-refractivity contribution in [3.05, 3.63) is 28.5 Å². The van der Waals surface area contributed by atoms with Gasteiger partial charge in [-0.2, -0.15) is 0 Å². The third-order valence-electron chi connectivity index (χ3n) is 1.99. The second-order valence-corrected chi connectivity index (χ2v) is 4.61. The highest BCUT2D eigenvalue weighted by Crippen LogP contribution is 2.31. The molecule has 84 valence electrons. The lowest BCUT2D eigenvalue weighted by Crippen LogP contribution is -2.34. The fourth-order valence-electron chi connectivity index (χ4n) is 1.42. The average molecular weight is 232 g/mol. The number of benzene rings is 1. The summed E-state index contributed by atoms with van der Waals surface area (Å²) in [4.78, 5) is 0. The first-order valence-electron chi connectivity index (χ1n) is 4.65. The first-order valence-corrected chi connectivity index (χ1v) is 5.02. The normalized spacial score (nSPS) is 11.6. The molecule has 1 aromatic rings. The van der Waals surface area contributed by atoms with Crippen molar-refractivity contribution >= 4 is 11.6 Å².